The summed E-state index contributed by atoms with van der Waals surface area (Å²) < 4.78 is 13.1. The number of imidazole rings is 1. The van der Waals surface area contributed by atoms with Gasteiger partial charge in [-0.3, -0.25) is 4.79 Å². The number of aromatic nitrogens is 2. The minimum atomic E-state index is 0.0320. The number of carbonyl (C=O) groups excluding carboxylic acids is 1. The van der Waals surface area contributed by atoms with E-state index in [1.807, 2.05) is 36.4 Å². The molecule has 1 aliphatic rings. The minimum absolute atomic E-state index is 0.0320. The molecule has 1 atom stereocenters. The van der Waals surface area contributed by atoms with Crippen molar-refractivity contribution in [1.82, 2.24) is 9.55 Å². The Hall–Kier alpha value is -3.02. The van der Waals surface area contributed by atoms with Crippen molar-refractivity contribution in [3.8, 4) is 11.5 Å². The highest BCUT2D eigenvalue weighted by Gasteiger charge is 2.36. The summed E-state index contributed by atoms with van der Waals surface area (Å²) in [5.74, 6) is 2.93. The number of hydrogen-bond acceptors (Lipinski definition) is 4. The van der Waals surface area contributed by atoms with Crippen LogP contribution >= 0.6 is 0 Å². The molecule has 0 saturated carbocycles. The van der Waals surface area contributed by atoms with Crippen LogP contribution in [0, 0.1) is 5.92 Å². The van der Waals surface area contributed by atoms with Crippen molar-refractivity contribution in [2.75, 3.05) is 25.7 Å². The van der Waals surface area contributed by atoms with E-state index in [1.165, 1.54) is 0 Å². The number of hydrogen-bond donors (Lipinski definition) is 0. The number of amides is 1. The number of carbonyl (C=O) groups is 1. The molecule has 0 spiro atoms. The molecular weight excluding hydrogens is 366 g/mol. The third-order valence-electron chi connectivity index (χ3n) is 5.40. The van der Waals surface area contributed by atoms with Gasteiger partial charge in [0.05, 0.1) is 30.9 Å². The molecule has 2 heterocycles. The molecule has 1 saturated heterocycles. The van der Waals surface area contributed by atoms with Crippen molar-refractivity contribution in [2.24, 2.45) is 5.92 Å². The summed E-state index contributed by atoms with van der Waals surface area (Å²) in [6.45, 7) is 5.85. The maximum Gasteiger partial charge on any atom is 0.227 e. The Labute approximate surface area is 171 Å². The highest BCUT2D eigenvalue weighted by atomic mass is 16.5. The fourth-order valence-corrected chi connectivity index (χ4v) is 4.08. The summed E-state index contributed by atoms with van der Waals surface area (Å²) in [4.78, 5) is 19.7. The normalized spacial score (nSPS) is 16.8. The number of para-hydroxylation sites is 2. The van der Waals surface area contributed by atoms with Crippen molar-refractivity contribution in [3.63, 3.8) is 0 Å². The second-order valence-electron chi connectivity index (χ2n) is 7.91. The van der Waals surface area contributed by atoms with Gasteiger partial charge in [-0.15, -0.1) is 0 Å². The van der Waals surface area contributed by atoms with E-state index in [-0.39, 0.29) is 11.8 Å². The minimum Gasteiger partial charge on any atom is -0.497 e. The van der Waals surface area contributed by atoms with Gasteiger partial charge >= 0.3 is 0 Å². The molecule has 0 radical (unpaired) electrons. The fourth-order valence-electron chi connectivity index (χ4n) is 4.08. The van der Waals surface area contributed by atoms with Crippen LogP contribution in [0.1, 0.15) is 32.0 Å². The van der Waals surface area contributed by atoms with Crippen LogP contribution in [-0.2, 0) is 11.3 Å². The number of nitrogens with zero attached hydrogens (tertiary/aromatic N) is 3. The second-order valence-corrected chi connectivity index (χ2v) is 7.91. The number of anilines is 1. The molecule has 0 N–H and O–H groups in total. The number of rotatable bonds is 6. The summed E-state index contributed by atoms with van der Waals surface area (Å²) in [6.07, 6.45) is 0.432. The molecule has 1 unspecified atom stereocenters. The van der Waals surface area contributed by atoms with Crippen LogP contribution in [0.15, 0.2) is 42.5 Å². The first-order chi connectivity index (χ1) is 14.0. The van der Waals surface area contributed by atoms with Crippen LogP contribution in [0.25, 0.3) is 11.0 Å². The van der Waals surface area contributed by atoms with E-state index in [9.17, 15) is 4.79 Å². The molecule has 1 aromatic heterocycles. The molecule has 2 aromatic carbocycles. The van der Waals surface area contributed by atoms with Crippen LogP contribution in [0.2, 0.25) is 0 Å². The van der Waals surface area contributed by atoms with Crippen molar-refractivity contribution in [3.05, 3.63) is 48.3 Å². The summed E-state index contributed by atoms with van der Waals surface area (Å²) in [5.41, 5.74) is 2.85. The van der Waals surface area contributed by atoms with Crippen molar-refractivity contribution >= 4 is 22.6 Å². The highest BCUT2D eigenvalue weighted by Crippen LogP contribution is 2.39. The van der Waals surface area contributed by atoms with Crippen LogP contribution in [0.5, 0.6) is 11.5 Å². The average molecular weight is 393 g/mol. The summed E-state index contributed by atoms with van der Waals surface area (Å²) in [7, 11) is 3.24. The van der Waals surface area contributed by atoms with E-state index in [2.05, 4.69) is 24.5 Å². The monoisotopic (exact) mass is 393 g/mol. The maximum atomic E-state index is 13.0. The predicted molar refractivity (Wildman–Crippen MR) is 114 cm³/mol. The van der Waals surface area contributed by atoms with E-state index < -0.39 is 0 Å². The molecule has 1 amide bonds. The largest absolute Gasteiger partial charge is 0.497 e. The Kier molecular flexibility index (Phi) is 5.18. The molecule has 152 valence electrons. The summed E-state index contributed by atoms with van der Waals surface area (Å²) in [6, 6.07) is 13.7. The second kappa shape index (κ2) is 7.78. The SMILES string of the molecule is COc1ccc(OC)c(N2CC(c3nc4ccccc4n3CC(C)C)CC2=O)c1. The fraction of sp³-hybridized carbons (Fsp3) is 0.391. The van der Waals surface area contributed by atoms with E-state index in [0.717, 1.165) is 29.1 Å². The number of fused-ring (bicyclic) bond motifs is 1. The number of ether oxygens (including phenoxy) is 2. The van der Waals surface area contributed by atoms with Crippen LogP contribution in [0.3, 0.4) is 0 Å². The van der Waals surface area contributed by atoms with E-state index in [0.29, 0.717) is 30.4 Å². The zero-order valence-corrected chi connectivity index (χ0v) is 17.4. The lowest BCUT2D eigenvalue weighted by atomic mass is 10.1. The predicted octanol–water partition coefficient (Wildman–Crippen LogP) is 4.23. The highest BCUT2D eigenvalue weighted by molar-refractivity contribution is 5.98. The van der Waals surface area contributed by atoms with Gasteiger partial charge in [-0.05, 0) is 30.2 Å². The number of benzene rings is 2. The third-order valence-corrected chi connectivity index (χ3v) is 5.40. The van der Waals surface area contributed by atoms with Gasteiger partial charge in [0.2, 0.25) is 5.91 Å². The zero-order valence-electron chi connectivity index (χ0n) is 17.4. The molecule has 29 heavy (non-hydrogen) atoms. The standard InChI is InChI=1S/C23H27N3O3/c1-15(2)13-26-19-8-6-5-7-18(19)24-23(26)16-11-22(27)25(14-16)20-12-17(28-3)9-10-21(20)29-4/h5-10,12,15-16H,11,13-14H2,1-4H3. The topological polar surface area (TPSA) is 56.6 Å². The van der Waals surface area contributed by atoms with E-state index in [4.69, 9.17) is 14.5 Å². The lowest BCUT2D eigenvalue weighted by molar-refractivity contribution is -0.117. The molecule has 1 aliphatic heterocycles. The lowest BCUT2D eigenvalue weighted by Crippen LogP contribution is -2.25. The first-order valence-electron chi connectivity index (χ1n) is 9.99. The smallest absolute Gasteiger partial charge is 0.227 e. The molecule has 4 rings (SSSR count). The van der Waals surface area contributed by atoms with Crippen LogP contribution in [-0.4, -0.2) is 36.2 Å². The molecule has 0 aliphatic carbocycles. The van der Waals surface area contributed by atoms with Crippen molar-refractivity contribution < 1.29 is 14.3 Å². The van der Waals surface area contributed by atoms with Gasteiger partial charge < -0.3 is 18.9 Å². The van der Waals surface area contributed by atoms with Gasteiger partial charge in [0.25, 0.3) is 0 Å². The number of methoxy groups -OCH3 is 2. The van der Waals surface area contributed by atoms with Gasteiger partial charge in [0.15, 0.2) is 0 Å². The maximum absolute atomic E-state index is 13.0. The van der Waals surface area contributed by atoms with E-state index in [1.54, 1.807) is 19.1 Å². The summed E-state index contributed by atoms with van der Waals surface area (Å²) in [5, 5.41) is 0. The lowest BCUT2D eigenvalue weighted by Gasteiger charge is -2.21. The van der Waals surface area contributed by atoms with Gasteiger partial charge in [-0.1, -0.05) is 26.0 Å². The van der Waals surface area contributed by atoms with Crippen molar-refractivity contribution in [1.29, 1.82) is 0 Å². The molecule has 1 fully saturated rings. The molecular formula is C23H27N3O3. The van der Waals surface area contributed by atoms with Crippen LogP contribution in [0.4, 0.5) is 5.69 Å². The van der Waals surface area contributed by atoms with E-state index >= 15 is 0 Å². The first-order valence-corrected chi connectivity index (χ1v) is 9.99. The average Bonchev–Trinajstić information content (AvgIpc) is 3.28. The Morgan fingerprint density at radius 1 is 1.14 bits per heavy atom. The van der Waals surface area contributed by atoms with Gasteiger partial charge in [0, 0.05) is 31.5 Å². The molecule has 0 bridgehead atoms. The molecule has 6 nitrogen and oxygen atoms in total. The Balaban J connectivity index is 1.72. The summed E-state index contributed by atoms with van der Waals surface area (Å²) >= 11 is 0. The third kappa shape index (κ3) is 3.55. The van der Waals surface area contributed by atoms with Crippen LogP contribution < -0.4 is 14.4 Å². The van der Waals surface area contributed by atoms with Crippen molar-refractivity contribution in [2.45, 2.75) is 32.7 Å². The first kappa shape index (κ1) is 19.3. The van der Waals surface area contributed by atoms with Gasteiger partial charge in [-0.25, -0.2) is 4.98 Å². The van der Waals surface area contributed by atoms with Gasteiger partial charge in [-0.2, -0.15) is 0 Å². The molecule has 3 aromatic rings. The Morgan fingerprint density at radius 2 is 1.93 bits per heavy atom. The zero-order chi connectivity index (χ0) is 20.5. The quantitative estimate of drug-likeness (QED) is 0.629. The molecule has 6 heteroatoms. The van der Waals surface area contributed by atoms with Gasteiger partial charge in [0.1, 0.15) is 17.3 Å². The Morgan fingerprint density at radius 3 is 2.66 bits per heavy atom. The Bertz CT molecular complexity index is 1040.